The van der Waals surface area contributed by atoms with Gasteiger partial charge in [-0.1, -0.05) is 17.7 Å². The average molecular weight is 293 g/mol. The first-order valence-corrected chi connectivity index (χ1v) is 6.19. The Bertz CT molecular complexity index is 659. The van der Waals surface area contributed by atoms with Crippen molar-refractivity contribution in [2.45, 2.75) is 6.54 Å². The molecule has 2 aromatic carbocycles. The molecule has 0 saturated heterocycles. The van der Waals surface area contributed by atoms with E-state index in [1.165, 1.54) is 12.1 Å². The summed E-state index contributed by atoms with van der Waals surface area (Å²) < 4.78 is 0. The smallest absolute Gasteiger partial charge is 0.248 e. The lowest BCUT2D eigenvalue weighted by Gasteiger charge is -2.10. The Morgan fingerprint density at radius 2 is 1.90 bits per heavy atom. The Hall–Kier alpha value is -2.40. The molecule has 20 heavy (non-hydrogen) atoms. The number of phenolic OH excluding ortho intramolecular Hbond substituents is 2. The van der Waals surface area contributed by atoms with Crippen LogP contribution in [0.2, 0.25) is 5.02 Å². The highest BCUT2D eigenvalue weighted by Crippen LogP contribution is 2.27. The first kappa shape index (κ1) is 14.0. The molecule has 0 aromatic heterocycles. The lowest BCUT2D eigenvalue weighted by molar-refractivity contribution is 0.100. The van der Waals surface area contributed by atoms with Crippen LogP contribution in [0.3, 0.4) is 0 Å². The van der Waals surface area contributed by atoms with Crippen LogP contribution in [0.1, 0.15) is 15.9 Å². The Kier molecular flexibility index (Phi) is 4.00. The van der Waals surface area contributed by atoms with Crippen molar-refractivity contribution in [3.8, 4) is 11.5 Å². The summed E-state index contributed by atoms with van der Waals surface area (Å²) in [6.45, 7) is 0.371. The minimum Gasteiger partial charge on any atom is -0.504 e. The number of nitrogens with one attached hydrogen (secondary N) is 1. The minimum absolute atomic E-state index is 0.178. The highest BCUT2D eigenvalue weighted by molar-refractivity contribution is 6.33. The van der Waals surface area contributed by atoms with E-state index < -0.39 is 5.91 Å². The summed E-state index contributed by atoms with van der Waals surface area (Å²) in [5, 5.41) is 22.1. The zero-order valence-electron chi connectivity index (χ0n) is 10.4. The molecular formula is C14H13ClN2O3. The number of halogens is 1. The van der Waals surface area contributed by atoms with Gasteiger partial charge in [0.15, 0.2) is 11.5 Å². The maximum absolute atomic E-state index is 11.1. The lowest BCUT2D eigenvalue weighted by atomic mass is 10.1. The van der Waals surface area contributed by atoms with Crippen molar-refractivity contribution >= 4 is 23.2 Å². The SMILES string of the molecule is NC(=O)c1ccc(Cl)c(NCc2ccc(O)c(O)c2)c1. The van der Waals surface area contributed by atoms with Crippen LogP contribution in [-0.4, -0.2) is 16.1 Å². The predicted molar refractivity (Wildman–Crippen MR) is 77.1 cm³/mol. The Morgan fingerprint density at radius 3 is 2.55 bits per heavy atom. The van der Waals surface area contributed by atoms with Gasteiger partial charge in [0.2, 0.25) is 5.91 Å². The van der Waals surface area contributed by atoms with Crippen LogP contribution in [0, 0.1) is 0 Å². The van der Waals surface area contributed by atoms with E-state index in [9.17, 15) is 15.0 Å². The minimum atomic E-state index is -0.535. The Morgan fingerprint density at radius 1 is 1.15 bits per heavy atom. The van der Waals surface area contributed by atoms with Crippen molar-refractivity contribution < 1.29 is 15.0 Å². The summed E-state index contributed by atoms with van der Waals surface area (Å²) in [5.74, 6) is -0.907. The number of primary amides is 1. The Labute approximate surface area is 120 Å². The average Bonchev–Trinajstić information content (AvgIpc) is 2.41. The molecule has 2 aromatic rings. The van der Waals surface area contributed by atoms with E-state index in [4.69, 9.17) is 17.3 Å². The van der Waals surface area contributed by atoms with Crippen LogP contribution in [0.15, 0.2) is 36.4 Å². The third-order valence-corrected chi connectivity index (χ3v) is 3.10. The normalized spacial score (nSPS) is 10.2. The molecule has 0 fully saturated rings. The van der Waals surface area contributed by atoms with Crippen molar-refractivity contribution in [2.24, 2.45) is 5.73 Å². The van der Waals surface area contributed by atoms with Gasteiger partial charge < -0.3 is 21.3 Å². The van der Waals surface area contributed by atoms with E-state index in [0.717, 1.165) is 5.56 Å². The molecule has 0 aliphatic carbocycles. The molecule has 0 unspecified atom stereocenters. The molecule has 0 radical (unpaired) electrons. The number of rotatable bonds is 4. The number of hydrogen-bond donors (Lipinski definition) is 4. The Balaban J connectivity index is 2.15. The van der Waals surface area contributed by atoms with Crippen molar-refractivity contribution in [2.75, 3.05) is 5.32 Å². The molecule has 2 rings (SSSR count). The highest BCUT2D eigenvalue weighted by atomic mass is 35.5. The van der Waals surface area contributed by atoms with Crippen LogP contribution < -0.4 is 11.1 Å². The number of anilines is 1. The van der Waals surface area contributed by atoms with Crippen LogP contribution in [0.5, 0.6) is 11.5 Å². The largest absolute Gasteiger partial charge is 0.504 e. The lowest BCUT2D eigenvalue weighted by Crippen LogP contribution is -2.11. The molecule has 6 heteroatoms. The summed E-state index contributed by atoms with van der Waals surface area (Å²) in [7, 11) is 0. The number of aromatic hydroxyl groups is 2. The summed E-state index contributed by atoms with van der Waals surface area (Å²) >= 11 is 6.02. The van der Waals surface area contributed by atoms with E-state index in [1.807, 2.05) is 0 Å². The van der Waals surface area contributed by atoms with Gasteiger partial charge in [-0.2, -0.15) is 0 Å². The molecule has 0 aliphatic rings. The second-order valence-corrected chi connectivity index (χ2v) is 4.64. The molecule has 0 spiro atoms. The number of amides is 1. The van der Waals surface area contributed by atoms with Gasteiger partial charge in [-0.05, 0) is 35.9 Å². The highest BCUT2D eigenvalue weighted by Gasteiger charge is 2.06. The van der Waals surface area contributed by atoms with Gasteiger partial charge in [0, 0.05) is 12.1 Å². The summed E-state index contributed by atoms with van der Waals surface area (Å²) in [6.07, 6.45) is 0. The maximum atomic E-state index is 11.1. The monoisotopic (exact) mass is 292 g/mol. The van der Waals surface area contributed by atoms with Gasteiger partial charge in [0.25, 0.3) is 0 Å². The second kappa shape index (κ2) is 5.71. The molecule has 0 atom stereocenters. The number of carbonyl (C=O) groups excluding carboxylic acids is 1. The second-order valence-electron chi connectivity index (χ2n) is 4.24. The molecule has 0 bridgehead atoms. The molecule has 5 nitrogen and oxygen atoms in total. The molecular weight excluding hydrogens is 280 g/mol. The molecule has 104 valence electrons. The number of carbonyl (C=O) groups is 1. The summed E-state index contributed by atoms with van der Waals surface area (Å²) in [4.78, 5) is 11.1. The van der Waals surface area contributed by atoms with Crippen LogP contribution >= 0.6 is 11.6 Å². The fourth-order valence-corrected chi connectivity index (χ4v) is 1.87. The number of nitrogens with two attached hydrogens (primary N) is 1. The molecule has 0 heterocycles. The van der Waals surface area contributed by atoms with Gasteiger partial charge >= 0.3 is 0 Å². The predicted octanol–water partition coefficient (Wildman–Crippen LogP) is 2.46. The maximum Gasteiger partial charge on any atom is 0.248 e. The molecule has 1 amide bonds. The van der Waals surface area contributed by atoms with Crippen LogP contribution in [0.4, 0.5) is 5.69 Å². The third kappa shape index (κ3) is 3.13. The summed E-state index contributed by atoms with van der Waals surface area (Å²) in [5.41, 5.74) is 6.87. The molecule has 5 N–H and O–H groups in total. The number of hydrogen-bond acceptors (Lipinski definition) is 4. The molecule has 0 aliphatic heterocycles. The van der Waals surface area contributed by atoms with E-state index in [0.29, 0.717) is 22.8 Å². The fraction of sp³-hybridized carbons (Fsp3) is 0.0714. The van der Waals surface area contributed by atoms with Gasteiger partial charge in [-0.15, -0.1) is 0 Å². The van der Waals surface area contributed by atoms with Crippen molar-refractivity contribution in [3.05, 3.63) is 52.5 Å². The zero-order valence-corrected chi connectivity index (χ0v) is 11.2. The fourth-order valence-electron chi connectivity index (χ4n) is 1.69. The summed E-state index contributed by atoms with van der Waals surface area (Å²) in [6, 6.07) is 9.18. The zero-order chi connectivity index (χ0) is 14.7. The van der Waals surface area contributed by atoms with Crippen LogP contribution in [0.25, 0.3) is 0 Å². The van der Waals surface area contributed by atoms with Crippen LogP contribution in [-0.2, 0) is 6.54 Å². The van der Waals surface area contributed by atoms with E-state index in [-0.39, 0.29) is 11.5 Å². The third-order valence-electron chi connectivity index (χ3n) is 2.77. The van der Waals surface area contributed by atoms with Crippen molar-refractivity contribution in [1.82, 2.24) is 0 Å². The van der Waals surface area contributed by atoms with E-state index in [2.05, 4.69) is 5.32 Å². The standard InChI is InChI=1S/C14H13ClN2O3/c15-10-3-2-9(14(16)20)6-11(10)17-7-8-1-4-12(18)13(19)5-8/h1-6,17-19H,7H2,(H2,16,20). The quantitative estimate of drug-likeness (QED) is 0.651. The van der Waals surface area contributed by atoms with Gasteiger partial charge in [-0.3, -0.25) is 4.79 Å². The molecule has 0 saturated carbocycles. The van der Waals surface area contributed by atoms with Gasteiger partial charge in [0.05, 0.1) is 10.7 Å². The first-order valence-electron chi connectivity index (χ1n) is 5.81. The van der Waals surface area contributed by atoms with Crippen molar-refractivity contribution in [3.63, 3.8) is 0 Å². The van der Waals surface area contributed by atoms with Crippen molar-refractivity contribution in [1.29, 1.82) is 0 Å². The van der Waals surface area contributed by atoms with Gasteiger partial charge in [0.1, 0.15) is 0 Å². The van der Waals surface area contributed by atoms with E-state index >= 15 is 0 Å². The number of benzene rings is 2. The van der Waals surface area contributed by atoms with Gasteiger partial charge in [-0.25, -0.2) is 0 Å². The first-order chi connectivity index (χ1) is 9.47. The topological polar surface area (TPSA) is 95.6 Å². The van der Waals surface area contributed by atoms with E-state index in [1.54, 1.807) is 24.3 Å². The number of phenols is 2.